The molecule has 0 unspecified atom stereocenters. The number of nitrogens with zero attached hydrogens (tertiary/aromatic N) is 2. The van der Waals surface area contributed by atoms with E-state index in [2.05, 4.69) is 4.74 Å². The summed E-state index contributed by atoms with van der Waals surface area (Å²) in [6, 6.07) is 8.92. The molecule has 2 aromatic heterocycles. The third kappa shape index (κ3) is 4.06. The number of methoxy groups -OCH3 is 1. The molecule has 144 valence electrons. The molecule has 2 heterocycles. The van der Waals surface area contributed by atoms with Crippen LogP contribution in [0, 0.1) is 11.6 Å². The van der Waals surface area contributed by atoms with Gasteiger partial charge >= 0.3 is 5.97 Å². The van der Waals surface area contributed by atoms with E-state index in [0.717, 1.165) is 22.8 Å². The summed E-state index contributed by atoms with van der Waals surface area (Å²) in [5.41, 5.74) is -0.760. The summed E-state index contributed by atoms with van der Waals surface area (Å²) in [5.74, 6) is -2.08. The SMILES string of the molecule is COC(=O)c1ccc(=O)n(Cc2cc(F)c(Cn3ccccc3=O)cc2F)c1. The maximum absolute atomic E-state index is 14.5. The topological polar surface area (TPSA) is 70.3 Å². The highest BCUT2D eigenvalue weighted by molar-refractivity contribution is 5.88. The van der Waals surface area contributed by atoms with Crippen molar-refractivity contribution in [3.8, 4) is 0 Å². The minimum Gasteiger partial charge on any atom is -0.465 e. The van der Waals surface area contributed by atoms with E-state index < -0.39 is 23.2 Å². The predicted molar refractivity (Wildman–Crippen MR) is 97.3 cm³/mol. The van der Waals surface area contributed by atoms with Gasteiger partial charge in [-0.2, -0.15) is 0 Å². The van der Waals surface area contributed by atoms with Crippen LogP contribution in [0.5, 0.6) is 0 Å². The van der Waals surface area contributed by atoms with Crippen LogP contribution in [0.1, 0.15) is 21.5 Å². The first-order chi connectivity index (χ1) is 13.4. The molecule has 0 saturated carbocycles. The number of aromatic nitrogens is 2. The molecule has 0 saturated heterocycles. The Morgan fingerprint density at radius 3 is 2.14 bits per heavy atom. The van der Waals surface area contributed by atoms with Gasteiger partial charge < -0.3 is 13.9 Å². The summed E-state index contributed by atoms with van der Waals surface area (Å²) in [5, 5.41) is 0. The fraction of sp³-hybridized carbons (Fsp3) is 0.150. The molecule has 3 rings (SSSR count). The van der Waals surface area contributed by atoms with Crippen molar-refractivity contribution in [2.24, 2.45) is 0 Å². The summed E-state index contributed by atoms with van der Waals surface area (Å²) in [4.78, 5) is 35.3. The lowest BCUT2D eigenvalue weighted by atomic mass is 10.1. The summed E-state index contributed by atoms with van der Waals surface area (Å²) < 4.78 is 35.9. The van der Waals surface area contributed by atoms with Crippen molar-refractivity contribution in [1.29, 1.82) is 0 Å². The van der Waals surface area contributed by atoms with Gasteiger partial charge in [-0.25, -0.2) is 13.6 Å². The van der Waals surface area contributed by atoms with Gasteiger partial charge in [0.15, 0.2) is 0 Å². The highest BCUT2D eigenvalue weighted by Crippen LogP contribution is 2.17. The van der Waals surface area contributed by atoms with Crippen LogP contribution in [0.15, 0.2) is 64.4 Å². The molecule has 0 atom stereocenters. The van der Waals surface area contributed by atoms with E-state index in [1.807, 2.05) is 0 Å². The van der Waals surface area contributed by atoms with Gasteiger partial charge in [0.05, 0.1) is 25.8 Å². The van der Waals surface area contributed by atoms with E-state index in [0.29, 0.717) is 0 Å². The molecule has 0 aliphatic carbocycles. The predicted octanol–water partition coefficient (Wildman–Crippen LogP) is 2.17. The number of hydrogen-bond donors (Lipinski definition) is 0. The monoisotopic (exact) mass is 386 g/mol. The summed E-state index contributed by atoms with van der Waals surface area (Å²) >= 11 is 0. The number of benzene rings is 1. The molecule has 3 aromatic rings. The van der Waals surface area contributed by atoms with Crippen LogP contribution in [-0.4, -0.2) is 22.2 Å². The Morgan fingerprint density at radius 2 is 1.54 bits per heavy atom. The Labute approximate surface area is 158 Å². The van der Waals surface area contributed by atoms with Gasteiger partial charge in [0.2, 0.25) is 0 Å². The van der Waals surface area contributed by atoms with Crippen molar-refractivity contribution < 1.29 is 18.3 Å². The van der Waals surface area contributed by atoms with Crippen molar-refractivity contribution in [3.05, 3.63) is 104 Å². The lowest BCUT2D eigenvalue weighted by Crippen LogP contribution is -2.22. The Bertz CT molecular complexity index is 1150. The van der Waals surface area contributed by atoms with Gasteiger partial charge in [-0.3, -0.25) is 9.59 Å². The molecule has 6 nitrogen and oxygen atoms in total. The first-order valence-electron chi connectivity index (χ1n) is 8.30. The molecular formula is C20H16F2N2O4. The molecule has 0 spiro atoms. The number of pyridine rings is 2. The lowest BCUT2D eigenvalue weighted by molar-refractivity contribution is 0.0599. The van der Waals surface area contributed by atoms with Crippen molar-refractivity contribution in [2.45, 2.75) is 13.1 Å². The number of hydrogen-bond acceptors (Lipinski definition) is 4. The molecule has 28 heavy (non-hydrogen) atoms. The minimum absolute atomic E-state index is 0.00482. The zero-order valence-electron chi connectivity index (χ0n) is 14.9. The van der Waals surface area contributed by atoms with Crippen LogP contribution >= 0.6 is 0 Å². The lowest BCUT2D eigenvalue weighted by Gasteiger charge is -2.12. The zero-order valence-corrected chi connectivity index (χ0v) is 14.9. The second kappa shape index (κ2) is 7.99. The fourth-order valence-corrected chi connectivity index (χ4v) is 2.72. The van der Waals surface area contributed by atoms with Crippen molar-refractivity contribution >= 4 is 5.97 Å². The van der Waals surface area contributed by atoms with E-state index in [9.17, 15) is 23.2 Å². The van der Waals surface area contributed by atoms with E-state index >= 15 is 0 Å². The number of rotatable bonds is 5. The van der Waals surface area contributed by atoms with Crippen LogP contribution in [0.25, 0.3) is 0 Å². The number of carbonyl (C=O) groups excluding carboxylic acids is 1. The number of carbonyl (C=O) groups is 1. The van der Waals surface area contributed by atoms with Gasteiger partial charge in [-0.1, -0.05) is 6.07 Å². The van der Waals surface area contributed by atoms with Crippen molar-refractivity contribution in [1.82, 2.24) is 9.13 Å². The van der Waals surface area contributed by atoms with Gasteiger partial charge in [-0.15, -0.1) is 0 Å². The molecule has 0 aliphatic heterocycles. The number of ether oxygens (including phenoxy) is 1. The molecule has 1 aromatic carbocycles. The highest BCUT2D eigenvalue weighted by Gasteiger charge is 2.13. The Balaban J connectivity index is 1.92. The highest BCUT2D eigenvalue weighted by atomic mass is 19.1. The van der Waals surface area contributed by atoms with E-state index in [-0.39, 0.29) is 35.3 Å². The number of halogens is 2. The largest absolute Gasteiger partial charge is 0.465 e. The summed E-state index contributed by atoms with van der Waals surface area (Å²) in [7, 11) is 1.20. The Hall–Kier alpha value is -3.55. The fourth-order valence-electron chi connectivity index (χ4n) is 2.72. The van der Waals surface area contributed by atoms with Crippen LogP contribution in [-0.2, 0) is 17.8 Å². The van der Waals surface area contributed by atoms with Crippen LogP contribution < -0.4 is 11.1 Å². The molecule has 0 N–H and O–H groups in total. The summed E-state index contributed by atoms with van der Waals surface area (Å²) in [6.07, 6.45) is 2.70. The third-order valence-corrected chi connectivity index (χ3v) is 4.20. The average Bonchev–Trinajstić information content (AvgIpc) is 2.68. The van der Waals surface area contributed by atoms with Gasteiger partial charge in [0.25, 0.3) is 11.1 Å². The minimum atomic E-state index is -0.726. The molecular weight excluding hydrogens is 370 g/mol. The third-order valence-electron chi connectivity index (χ3n) is 4.20. The maximum atomic E-state index is 14.5. The Morgan fingerprint density at radius 1 is 0.929 bits per heavy atom. The molecule has 0 amide bonds. The number of esters is 1. The zero-order chi connectivity index (χ0) is 20.3. The summed E-state index contributed by atoms with van der Waals surface area (Å²) in [6.45, 7) is -0.390. The molecule has 0 aliphatic rings. The normalized spacial score (nSPS) is 10.7. The van der Waals surface area contributed by atoms with Crippen molar-refractivity contribution in [2.75, 3.05) is 7.11 Å². The second-order valence-corrected chi connectivity index (χ2v) is 6.08. The van der Waals surface area contributed by atoms with E-state index in [1.165, 1.54) is 36.2 Å². The Kier molecular flexibility index (Phi) is 5.49. The molecule has 8 heteroatoms. The first-order valence-corrected chi connectivity index (χ1v) is 8.30. The van der Waals surface area contributed by atoms with Gasteiger partial charge in [-0.05, 0) is 24.3 Å². The van der Waals surface area contributed by atoms with Gasteiger partial charge in [0, 0.05) is 35.7 Å². The first kappa shape index (κ1) is 19.2. The standard InChI is InChI=1S/C20H16F2N2O4/c1-28-20(27)13-5-6-19(26)24(10-13)12-15-9-16(21)14(8-17(15)22)11-23-7-3-2-4-18(23)25/h2-10H,11-12H2,1H3. The van der Waals surface area contributed by atoms with Crippen molar-refractivity contribution in [3.63, 3.8) is 0 Å². The molecule has 0 fully saturated rings. The van der Waals surface area contributed by atoms with E-state index in [4.69, 9.17) is 0 Å². The molecule has 0 radical (unpaired) electrons. The van der Waals surface area contributed by atoms with Gasteiger partial charge in [0.1, 0.15) is 11.6 Å². The second-order valence-electron chi connectivity index (χ2n) is 6.08. The van der Waals surface area contributed by atoms with E-state index in [1.54, 1.807) is 12.1 Å². The van der Waals surface area contributed by atoms with Crippen LogP contribution in [0.4, 0.5) is 8.78 Å². The average molecular weight is 386 g/mol. The maximum Gasteiger partial charge on any atom is 0.339 e. The van der Waals surface area contributed by atoms with Crippen LogP contribution in [0.2, 0.25) is 0 Å². The molecule has 0 bridgehead atoms. The quantitative estimate of drug-likeness (QED) is 0.630. The smallest absolute Gasteiger partial charge is 0.339 e. The van der Waals surface area contributed by atoms with Crippen LogP contribution in [0.3, 0.4) is 0 Å².